The molecule has 0 aromatic heterocycles. The molecule has 0 aromatic rings. The molecule has 0 radical (unpaired) electrons. The largest absolute Gasteiger partial charge is 0.409 e. The van der Waals surface area contributed by atoms with Gasteiger partial charge in [0, 0.05) is 12.0 Å². The molecule has 4 nitrogen and oxygen atoms in total. The van der Waals surface area contributed by atoms with Crippen molar-refractivity contribution in [2.75, 3.05) is 13.1 Å². The van der Waals surface area contributed by atoms with E-state index in [0.717, 1.165) is 43.8 Å². The lowest BCUT2D eigenvalue weighted by Crippen LogP contribution is -2.46. The van der Waals surface area contributed by atoms with Crippen LogP contribution in [0.4, 0.5) is 0 Å². The Morgan fingerprint density at radius 3 is 2.17 bits per heavy atom. The molecule has 4 heteroatoms. The third-order valence-electron chi connectivity index (χ3n) is 4.73. The van der Waals surface area contributed by atoms with Crippen LogP contribution in [0.3, 0.4) is 0 Å². The van der Waals surface area contributed by atoms with Gasteiger partial charge in [-0.05, 0) is 57.0 Å². The molecule has 2 fully saturated rings. The van der Waals surface area contributed by atoms with Crippen LogP contribution < -0.4 is 5.73 Å². The van der Waals surface area contributed by atoms with Gasteiger partial charge in [-0.15, -0.1) is 0 Å². The van der Waals surface area contributed by atoms with Gasteiger partial charge in [0.2, 0.25) is 0 Å². The second kappa shape index (κ2) is 5.91. The van der Waals surface area contributed by atoms with Crippen molar-refractivity contribution in [3.63, 3.8) is 0 Å². The first kappa shape index (κ1) is 13.7. The van der Waals surface area contributed by atoms with Crippen LogP contribution in [0.1, 0.15) is 46.0 Å². The van der Waals surface area contributed by atoms with Gasteiger partial charge >= 0.3 is 0 Å². The fourth-order valence-electron chi connectivity index (χ4n) is 3.84. The summed E-state index contributed by atoms with van der Waals surface area (Å²) in [5, 5.41) is 11.9. The van der Waals surface area contributed by atoms with E-state index in [-0.39, 0.29) is 5.92 Å². The summed E-state index contributed by atoms with van der Waals surface area (Å²) in [4.78, 5) is 2.63. The van der Waals surface area contributed by atoms with E-state index in [0.29, 0.717) is 5.84 Å². The molecule has 104 valence electrons. The number of nitrogens with zero attached hydrogens (tertiary/aromatic N) is 2. The molecular formula is C14H27N3O. The lowest BCUT2D eigenvalue weighted by atomic mass is 9.79. The van der Waals surface area contributed by atoms with Gasteiger partial charge in [-0.3, -0.25) is 0 Å². The van der Waals surface area contributed by atoms with Gasteiger partial charge < -0.3 is 15.8 Å². The fraction of sp³-hybridized carbons (Fsp3) is 0.929. The van der Waals surface area contributed by atoms with Gasteiger partial charge in [0.1, 0.15) is 5.84 Å². The summed E-state index contributed by atoms with van der Waals surface area (Å²) in [6, 6.07) is 0.761. The van der Waals surface area contributed by atoms with Crippen LogP contribution in [0, 0.1) is 17.8 Å². The molecule has 2 rings (SSSR count). The maximum Gasteiger partial charge on any atom is 0.142 e. The zero-order valence-corrected chi connectivity index (χ0v) is 11.7. The number of nitrogens with two attached hydrogens (primary N) is 1. The Morgan fingerprint density at radius 2 is 1.67 bits per heavy atom. The molecule has 2 aliphatic rings. The highest BCUT2D eigenvalue weighted by atomic mass is 16.4. The first-order valence-corrected chi connectivity index (χ1v) is 7.31. The molecule has 18 heavy (non-hydrogen) atoms. The SMILES string of the molecule is CC1CC(C)CC(N2CCC(/C(N)=N/O)CC2)C1. The number of piperidine rings is 1. The van der Waals surface area contributed by atoms with Crippen LogP contribution in [0.15, 0.2) is 5.16 Å². The molecule has 0 spiro atoms. The van der Waals surface area contributed by atoms with Gasteiger partial charge in [0.15, 0.2) is 0 Å². The summed E-state index contributed by atoms with van der Waals surface area (Å²) in [6.07, 6.45) is 6.15. The standard InChI is InChI=1S/C14H27N3O/c1-10-7-11(2)9-13(8-10)17-5-3-12(4-6-17)14(15)16-18/h10-13,18H,3-9H2,1-2H3,(H2,15,16). The van der Waals surface area contributed by atoms with Gasteiger partial charge in [-0.2, -0.15) is 0 Å². The second-order valence-electron chi connectivity index (χ2n) is 6.41. The average Bonchev–Trinajstić information content (AvgIpc) is 2.37. The Balaban J connectivity index is 1.86. The highest BCUT2D eigenvalue weighted by molar-refractivity contribution is 5.82. The number of oxime groups is 1. The average molecular weight is 253 g/mol. The quantitative estimate of drug-likeness (QED) is 0.343. The zero-order chi connectivity index (χ0) is 13.1. The third kappa shape index (κ3) is 3.16. The summed E-state index contributed by atoms with van der Waals surface area (Å²) in [5.41, 5.74) is 5.70. The van der Waals surface area contributed by atoms with Crippen LogP contribution in [-0.2, 0) is 0 Å². The van der Waals surface area contributed by atoms with E-state index in [2.05, 4.69) is 23.9 Å². The van der Waals surface area contributed by atoms with Crippen molar-refractivity contribution >= 4 is 5.84 Å². The molecule has 1 heterocycles. The molecule has 0 aromatic carbocycles. The lowest BCUT2D eigenvalue weighted by molar-refractivity contribution is 0.0841. The van der Waals surface area contributed by atoms with Crippen molar-refractivity contribution in [1.82, 2.24) is 4.90 Å². The summed E-state index contributed by atoms with van der Waals surface area (Å²) in [5.74, 6) is 2.42. The van der Waals surface area contributed by atoms with E-state index in [1.54, 1.807) is 0 Å². The van der Waals surface area contributed by atoms with Crippen molar-refractivity contribution in [2.45, 2.75) is 52.0 Å². The van der Waals surface area contributed by atoms with Gasteiger partial charge in [-0.25, -0.2) is 0 Å². The van der Waals surface area contributed by atoms with Gasteiger partial charge in [-0.1, -0.05) is 19.0 Å². The van der Waals surface area contributed by atoms with Gasteiger partial charge in [0.25, 0.3) is 0 Å². The van der Waals surface area contributed by atoms with Crippen molar-refractivity contribution in [3.05, 3.63) is 0 Å². The van der Waals surface area contributed by atoms with Crippen LogP contribution in [0.5, 0.6) is 0 Å². The van der Waals surface area contributed by atoms with Gasteiger partial charge in [0.05, 0.1) is 0 Å². The minimum atomic E-state index is 0.282. The second-order valence-corrected chi connectivity index (χ2v) is 6.41. The van der Waals surface area contributed by atoms with E-state index in [4.69, 9.17) is 10.9 Å². The number of hydrogen-bond donors (Lipinski definition) is 2. The topological polar surface area (TPSA) is 61.8 Å². The van der Waals surface area contributed by atoms with Crippen molar-refractivity contribution in [1.29, 1.82) is 0 Å². The Morgan fingerprint density at radius 1 is 1.11 bits per heavy atom. The van der Waals surface area contributed by atoms with Crippen molar-refractivity contribution in [3.8, 4) is 0 Å². The Bertz CT molecular complexity index is 287. The van der Waals surface area contributed by atoms with E-state index in [1.807, 2.05) is 0 Å². The molecule has 1 aliphatic carbocycles. The van der Waals surface area contributed by atoms with E-state index < -0.39 is 0 Å². The third-order valence-corrected chi connectivity index (χ3v) is 4.73. The summed E-state index contributed by atoms with van der Waals surface area (Å²) in [6.45, 7) is 6.97. The molecule has 0 bridgehead atoms. The molecule has 1 saturated carbocycles. The van der Waals surface area contributed by atoms with E-state index in [9.17, 15) is 0 Å². The van der Waals surface area contributed by atoms with Crippen LogP contribution in [0.2, 0.25) is 0 Å². The van der Waals surface area contributed by atoms with Crippen LogP contribution >= 0.6 is 0 Å². The molecule has 2 atom stereocenters. The zero-order valence-electron chi connectivity index (χ0n) is 11.7. The Labute approximate surface area is 110 Å². The predicted octanol–water partition coefficient (Wildman–Crippen LogP) is 2.27. The fourth-order valence-corrected chi connectivity index (χ4v) is 3.84. The normalized spacial score (nSPS) is 36.8. The summed E-state index contributed by atoms with van der Waals surface area (Å²) >= 11 is 0. The van der Waals surface area contributed by atoms with Crippen LogP contribution in [-0.4, -0.2) is 35.1 Å². The smallest absolute Gasteiger partial charge is 0.142 e. The molecule has 3 N–H and O–H groups in total. The predicted molar refractivity (Wildman–Crippen MR) is 73.7 cm³/mol. The molecule has 2 unspecified atom stereocenters. The monoisotopic (exact) mass is 253 g/mol. The lowest BCUT2D eigenvalue weighted by Gasteiger charge is -2.42. The van der Waals surface area contributed by atoms with Crippen LogP contribution in [0.25, 0.3) is 0 Å². The Hall–Kier alpha value is -0.770. The highest BCUT2D eigenvalue weighted by Crippen LogP contribution is 2.33. The molecule has 1 saturated heterocycles. The maximum absolute atomic E-state index is 8.72. The first-order chi connectivity index (χ1) is 8.60. The van der Waals surface area contributed by atoms with E-state index >= 15 is 0 Å². The van der Waals surface area contributed by atoms with Crippen molar-refractivity contribution < 1.29 is 5.21 Å². The number of hydrogen-bond acceptors (Lipinski definition) is 3. The number of likely N-dealkylation sites (tertiary alicyclic amines) is 1. The minimum absolute atomic E-state index is 0.282. The van der Waals surface area contributed by atoms with E-state index in [1.165, 1.54) is 19.3 Å². The minimum Gasteiger partial charge on any atom is -0.409 e. The molecule has 0 amide bonds. The first-order valence-electron chi connectivity index (χ1n) is 7.31. The molecular weight excluding hydrogens is 226 g/mol. The molecule has 1 aliphatic heterocycles. The Kier molecular flexibility index (Phi) is 4.49. The maximum atomic E-state index is 8.72. The number of amidine groups is 1. The summed E-state index contributed by atoms with van der Waals surface area (Å²) < 4.78 is 0. The highest BCUT2D eigenvalue weighted by Gasteiger charge is 2.31. The summed E-state index contributed by atoms with van der Waals surface area (Å²) in [7, 11) is 0. The van der Waals surface area contributed by atoms with Crippen molar-refractivity contribution in [2.24, 2.45) is 28.6 Å². The number of rotatable bonds is 2.